The van der Waals surface area contributed by atoms with Gasteiger partial charge in [0.15, 0.2) is 11.0 Å². The Kier molecular flexibility index (Phi) is 6.98. The fourth-order valence-corrected chi connectivity index (χ4v) is 3.70. The van der Waals surface area contributed by atoms with Crippen molar-refractivity contribution in [3.8, 4) is 11.4 Å². The molecule has 11 heteroatoms. The highest BCUT2D eigenvalue weighted by molar-refractivity contribution is 7.99. The molecule has 2 aromatic carbocycles. The molecule has 0 saturated carbocycles. The first-order valence-electron chi connectivity index (χ1n) is 9.97. The molecule has 0 unspecified atom stereocenters. The maximum atomic E-state index is 12.2. The second-order valence-electron chi connectivity index (χ2n) is 6.55. The van der Waals surface area contributed by atoms with Crippen LogP contribution in [0.4, 0.5) is 11.6 Å². The molecule has 0 aliphatic heterocycles. The number of carbonyl (C=O) groups is 1. The van der Waals surface area contributed by atoms with Crippen LogP contribution in [-0.2, 0) is 11.3 Å². The van der Waals surface area contributed by atoms with E-state index in [4.69, 9.17) is 4.74 Å². The number of nitrogens with one attached hydrogen (secondary N) is 3. The highest BCUT2D eigenvalue weighted by Gasteiger charge is 2.16. The summed E-state index contributed by atoms with van der Waals surface area (Å²) in [5.41, 5.74) is 1.86. The molecule has 4 rings (SSSR count). The predicted octanol–water partition coefficient (Wildman–Crippen LogP) is 3.13. The largest absolute Gasteiger partial charge is 0.494 e. The van der Waals surface area contributed by atoms with Gasteiger partial charge in [-0.1, -0.05) is 30.0 Å². The van der Waals surface area contributed by atoms with Crippen LogP contribution in [0.5, 0.6) is 5.75 Å². The minimum Gasteiger partial charge on any atom is -0.494 e. The van der Waals surface area contributed by atoms with E-state index in [0.29, 0.717) is 24.3 Å². The molecular weight excluding hydrogens is 428 g/mol. The zero-order valence-electron chi connectivity index (χ0n) is 17.4. The molecule has 2 heterocycles. The fourth-order valence-electron chi connectivity index (χ4n) is 2.93. The Hall–Kier alpha value is -3.86. The summed E-state index contributed by atoms with van der Waals surface area (Å²) in [4.78, 5) is 16.1. The Morgan fingerprint density at radius 3 is 2.66 bits per heavy atom. The molecule has 4 aromatic rings. The van der Waals surface area contributed by atoms with Gasteiger partial charge in [-0.2, -0.15) is 10.1 Å². The summed E-state index contributed by atoms with van der Waals surface area (Å²) in [5, 5.41) is 21.6. The lowest BCUT2D eigenvalue weighted by Gasteiger charge is -2.12. The number of amides is 1. The average molecular weight is 451 g/mol. The first-order chi connectivity index (χ1) is 15.7. The lowest BCUT2D eigenvalue weighted by Crippen LogP contribution is -2.15. The van der Waals surface area contributed by atoms with Gasteiger partial charge in [0.1, 0.15) is 12.1 Å². The second kappa shape index (κ2) is 10.4. The third kappa shape index (κ3) is 5.43. The zero-order chi connectivity index (χ0) is 22.2. The predicted molar refractivity (Wildman–Crippen MR) is 122 cm³/mol. The van der Waals surface area contributed by atoms with Gasteiger partial charge in [-0.05, 0) is 43.3 Å². The lowest BCUT2D eigenvalue weighted by atomic mass is 10.3. The number of benzene rings is 2. The van der Waals surface area contributed by atoms with E-state index >= 15 is 0 Å². The summed E-state index contributed by atoms with van der Waals surface area (Å²) in [5.74, 6) is 1.79. The summed E-state index contributed by atoms with van der Waals surface area (Å²) in [6.45, 7) is 3.04. The van der Waals surface area contributed by atoms with Crippen molar-refractivity contribution in [3.63, 3.8) is 0 Å². The smallest absolute Gasteiger partial charge is 0.237 e. The van der Waals surface area contributed by atoms with E-state index in [1.54, 1.807) is 0 Å². The van der Waals surface area contributed by atoms with Gasteiger partial charge in [-0.25, -0.2) is 5.10 Å². The molecule has 32 heavy (non-hydrogen) atoms. The average Bonchev–Trinajstić information content (AvgIpc) is 3.48. The third-order valence-corrected chi connectivity index (χ3v) is 5.26. The number of nitrogens with zero attached hydrogens (tertiary/aromatic N) is 5. The molecule has 2 aromatic heterocycles. The van der Waals surface area contributed by atoms with E-state index in [0.717, 1.165) is 22.9 Å². The van der Waals surface area contributed by atoms with Crippen LogP contribution in [0.3, 0.4) is 0 Å². The number of thioether (sulfide) groups is 1. The Morgan fingerprint density at radius 1 is 1.12 bits per heavy atom. The van der Waals surface area contributed by atoms with Crippen LogP contribution in [0, 0.1) is 0 Å². The fraction of sp³-hybridized carbons (Fsp3) is 0.190. The molecule has 0 atom stereocenters. The molecule has 0 radical (unpaired) electrons. The van der Waals surface area contributed by atoms with Crippen LogP contribution in [0.1, 0.15) is 12.7 Å². The maximum Gasteiger partial charge on any atom is 0.237 e. The number of para-hydroxylation sites is 1. The third-order valence-electron chi connectivity index (χ3n) is 4.34. The van der Waals surface area contributed by atoms with E-state index < -0.39 is 0 Å². The summed E-state index contributed by atoms with van der Waals surface area (Å²) in [6, 6.07) is 17.5. The number of ether oxygens (including phenoxy) is 1. The highest BCUT2D eigenvalue weighted by Crippen LogP contribution is 2.23. The summed E-state index contributed by atoms with van der Waals surface area (Å²) in [6.07, 6.45) is 1.33. The Labute approximate surface area is 188 Å². The van der Waals surface area contributed by atoms with Crippen molar-refractivity contribution in [2.24, 2.45) is 0 Å². The molecule has 0 aliphatic carbocycles. The highest BCUT2D eigenvalue weighted by atomic mass is 32.2. The van der Waals surface area contributed by atoms with Gasteiger partial charge in [0, 0.05) is 11.4 Å². The zero-order valence-corrected chi connectivity index (χ0v) is 18.2. The Balaban J connectivity index is 1.47. The van der Waals surface area contributed by atoms with E-state index in [2.05, 4.69) is 36.0 Å². The molecule has 10 nitrogen and oxygen atoms in total. The summed E-state index contributed by atoms with van der Waals surface area (Å²) >= 11 is 1.29. The number of anilines is 2. The van der Waals surface area contributed by atoms with Gasteiger partial charge in [0.05, 0.1) is 18.9 Å². The van der Waals surface area contributed by atoms with Gasteiger partial charge in [0.25, 0.3) is 0 Å². The van der Waals surface area contributed by atoms with Crippen LogP contribution >= 0.6 is 11.8 Å². The molecule has 0 aliphatic rings. The molecule has 3 N–H and O–H groups in total. The van der Waals surface area contributed by atoms with Crippen molar-refractivity contribution in [3.05, 3.63) is 66.7 Å². The first kappa shape index (κ1) is 21.4. The molecule has 0 bridgehead atoms. The minimum atomic E-state index is -0.219. The molecular formula is C21H22N8O2S. The monoisotopic (exact) mass is 450 g/mol. The number of hydrogen-bond acceptors (Lipinski definition) is 8. The summed E-state index contributed by atoms with van der Waals surface area (Å²) < 4.78 is 7.42. The molecule has 0 saturated heterocycles. The topological polar surface area (TPSA) is 123 Å². The molecule has 0 fully saturated rings. The van der Waals surface area contributed by atoms with E-state index in [-0.39, 0.29) is 11.7 Å². The quantitative estimate of drug-likeness (QED) is 0.315. The Morgan fingerprint density at radius 2 is 1.94 bits per heavy atom. The lowest BCUT2D eigenvalue weighted by molar-refractivity contribution is -0.113. The van der Waals surface area contributed by atoms with E-state index in [1.165, 1.54) is 18.1 Å². The van der Waals surface area contributed by atoms with Crippen LogP contribution < -0.4 is 15.4 Å². The van der Waals surface area contributed by atoms with Crippen LogP contribution in [0.15, 0.2) is 66.1 Å². The van der Waals surface area contributed by atoms with Crippen molar-refractivity contribution in [1.82, 2.24) is 29.9 Å². The maximum absolute atomic E-state index is 12.2. The van der Waals surface area contributed by atoms with E-state index in [1.807, 2.05) is 66.1 Å². The molecule has 0 spiro atoms. The standard InChI is InChI=1S/C21H22N8O2S/c1-2-31-17-10-8-15(9-11-17)22-12-18-26-28-21(29(18)16-6-4-3-5-7-16)32-13-19(30)25-20-23-14-24-27-20/h3-11,14,22H,2,12-13H2,1H3,(H2,23,24,25,27,30). The van der Waals surface area contributed by atoms with Gasteiger partial charge in [0.2, 0.25) is 11.9 Å². The second-order valence-corrected chi connectivity index (χ2v) is 7.49. The van der Waals surface area contributed by atoms with Gasteiger partial charge in [-0.15, -0.1) is 10.2 Å². The number of carbonyl (C=O) groups excluding carboxylic acids is 1. The first-order valence-corrected chi connectivity index (χ1v) is 11.0. The number of aromatic nitrogens is 6. The molecule has 1 amide bonds. The van der Waals surface area contributed by atoms with Crippen LogP contribution in [0.25, 0.3) is 5.69 Å². The van der Waals surface area contributed by atoms with Crippen molar-refractivity contribution < 1.29 is 9.53 Å². The Bertz CT molecular complexity index is 1130. The van der Waals surface area contributed by atoms with Gasteiger partial charge >= 0.3 is 0 Å². The van der Waals surface area contributed by atoms with Crippen molar-refractivity contribution >= 4 is 29.3 Å². The number of H-pyrrole nitrogens is 1. The van der Waals surface area contributed by atoms with Crippen molar-refractivity contribution in [2.45, 2.75) is 18.6 Å². The van der Waals surface area contributed by atoms with Crippen LogP contribution in [-0.4, -0.2) is 48.2 Å². The number of rotatable bonds is 10. The SMILES string of the molecule is CCOc1ccc(NCc2nnc(SCC(=O)Nc3ncn[nH]3)n2-c2ccccc2)cc1. The minimum absolute atomic E-state index is 0.151. The van der Waals surface area contributed by atoms with Crippen LogP contribution in [0.2, 0.25) is 0 Å². The normalized spacial score (nSPS) is 10.7. The van der Waals surface area contributed by atoms with Crippen molar-refractivity contribution in [2.75, 3.05) is 23.0 Å². The van der Waals surface area contributed by atoms with Gasteiger partial charge < -0.3 is 10.1 Å². The summed E-state index contributed by atoms with van der Waals surface area (Å²) in [7, 11) is 0. The number of hydrogen-bond donors (Lipinski definition) is 3. The van der Waals surface area contributed by atoms with Gasteiger partial charge in [-0.3, -0.25) is 14.7 Å². The van der Waals surface area contributed by atoms with E-state index in [9.17, 15) is 4.79 Å². The van der Waals surface area contributed by atoms with Crippen molar-refractivity contribution in [1.29, 1.82) is 0 Å². The molecule has 164 valence electrons. The number of aromatic amines is 1.